The molecule has 11 heteroatoms. The quantitative estimate of drug-likeness (QED) is 0.534. The summed E-state index contributed by atoms with van der Waals surface area (Å²) in [6.07, 6.45) is -10.5. The Labute approximate surface area is 191 Å². The minimum Gasteiger partial charge on any atom is -0.372 e. The molecule has 34 heavy (non-hydrogen) atoms. The van der Waals surface area contributed by atoms with Gasteiger partial charge in [0.25, 0.3) is 0 Å². The van der Waals surface area contributed by atoms with Crippen molar-refractivity contribution in [2.24, 2.45) is 0 Å². The second kappa shape index (κ2) is 8.77. The Morgan fingerprint density at radius 3 is 2.15 bits per heavy atom. The van der Waals surface area contributed by atoms with Crippen LogP contribution in [0, 0.1) is 0 Å². The van der Waals surface area contributed by atoms with Crippen LogP contribution in [-0.2, 0) is 22.6 Å². The van der Waals surface area contributed by atoms with Crippen molar-refractivity contribution in [1.29, 1.82) is 0 Å². The topological polar surface area (TPSA) is 62.4 Å². The Balaban J connectivity index is 1.61. The Bertz CT molecular complexity index is 1010. The maximum Gasteiger partial charge on any atom is 0.416 e. The van der Waals surface area contributed by atoms with Gasteiger partial charge >= 0.3 is 18.4 Å². The number of ether oxygens (including phenoxy) is 1. The first kappa shape index (κ1) is 24.3. The number of rotatable bonds is 5. The van der Waals surface area contributed by atoms with E-state index in [2.05, 4.69) is 16.0 Å². The zero-order valence-corrected chi connectivity index (χ0v) is 18.1. The van der Waals surface area contributed by atoms with E-state index in [1.54, 1.807) is 0 Å². The van der Waals surface area contributed by atoms with Gasteiger partial charge in [-0.25, -0.2) is 4.79 Å². The fourth-order valence-corrected chi connectivity index (χ4v) is 4.47. The average molecular weight is 487 g/mol. The lowest BCUT2D eigenvalue weighted by atomic mass is 9.79. The molecule has 2 aromatic rings. The van der Waals surface area contributed by atoms with Crippen LogP contribution in [0.15, 0.2) is 48.5 Å². The third-order valence-corrected chi connectivity index (χ3v) is 6.33. The highest BCUT2D eigenvalue weighted by Crippen LogP contribution is 2.39. The van der Waals surface area contributed by atoms with E-state index in [9.17, 15) is 31.1 Å². The maximum absolute atomic E-state index is 13.3. The second-order valence-electron chi connectivity index (χ2n) is 8.66. The highest BCUT2D eigenvalue weighted by molar-refractivity contribution is 5.77. The van der Waals surface area contributed by atoms with Crippen LogP contribution in [0.1, 0.15) is 41.7 Å². The van der Waals surface area contributed by atoms with E-state index in [0.717, 1.165) is 5.56 Å². The molecule has 0 bridgehead atoms. The number of amides is 2. The largest absolute Gasteiger partial charge is 0.416 e. The zero-order valence-electron chi connectivity index (χ0n) is 18.1. The number of carbonyl (C=O) groups is 1. The number of carbonyl (C=O) groups excluding carboxylic acids is 1. The predicted octanol–water partition coefficient (Wildman–Crippen LogP) is 4.74. The van der Waals surface area contributed by atoms with E-state index >= 15 is 0 Å². The van der Waals surface area contributed by atoms with E-state index in [1.165, 1.54) is 6.92 Å². The molecule has 3 N–H and O–H groups in total. The first-order chi connectivity index (χ1) is 15.9. The molecule has 5 nitrogen and oxygen atoms in total. The third kappa shape index (κ3) is 5.00. The van der Waals surface area contributed by atoms with Crippen molar-refractivity contribution in [3.8, 4) is 0 Å². The average Bonchev–Trinajstić information content (AvgIpc) is 3.15. The fourth-order valence-electron chi connectivity index (χ4n) is 4.47. The molecule has 4 atom stereocenters. The van der Waals surface area contributed by atoms with Crippen LogP contribution in [0.4, 0.5) is 31.1 Å². The summed E-state index contributed by atoms with van der Waals surface area (Å²) in [7, 11) is 0. The molecule has 0 radical (unpaired) electrons. The molecule has 2 fully saturated rings. The van der Waals surface area contributed by atoms with Gasteiger partial charge in [-0.15, -0.1) is 0 Å². The number of nitrogens with one attached hydrogen (secondary N) is 3. The normalized spacial score (nSPS) is 25.9. The molecule has 2 aromatic carbocycles. The van der Waals surface area contributed by atoms with Crippen molar-refractivity contribution in [2.75, 3.05) is 13.2 Å². The molecule has 0 spiro atoms. The number of hydrogen-bond donors (Lipinski definition) is 3. The molecule has 4 rings (SSSR count). The van der Waals surface area contributed by atoms with Gasteiger partial charge in [-0.05, 0) is 42.7 Å². The van der Waals surface area contributed by atoms with Gasteiger partial charge in [-0.1, -0.05) is 30.3 Å². The summed E-state index contributed by atoms with van der Waals surface area (Å²) < 4.78 is 85.4. The number of piperidine rings is 1. The highest BCUT2D eigenvalue weighted by Gasteiger charge is 2.46. The lowest BCUT2D eigenvalue weighted by molar-refractivity contribution is -0.143. The van der Waals surface area contributed by atoms with Crippen molar-refractivity contribution in [2.45, 2.75) is 49.4 Å². The number of urea groups is 1. The minimum absolute atomic E-state index is 0.0329. The second-order valence-corrected chi connectivity index (χ2v) is 8.66. The van der Waals surface area contributed by atoms with Crippen LogP contribution in [0.3, 0.4) is 0 Å². The number of halogens is 6. The first-order valence-corrected chi connectivity index (χ1v) is 10.7. The molecule has 2 aliphatic rings. The predicted molar refractivity (Wildman–Crippen MR) is 111 cm³/mol. The first-order valence-electron chi connectivity index (χ1n) is 10.7. The van der Waals surface area contributed by atoms with Crippen LogP contribution in [0.5, 0.6) is 0 Å². The summed E-state index contributed by atoms with van der Waals surface area (Å²) >= 11 is 0. The summed E-state index contributed by atoms with van der Waals surface area (Å²) in [6, 6.07) is 10.0. The monoisotopic (exact) mass is 487 g/mol. The Morgan fingerprint density at radius 1 is 0.971 bits per heavy atom. The van der Waals surface area contributed by atoms with Gasteiger partial charge in [0.1, 0.15) is 0 Å². The van der Waals surface area contributed by atoms with Crippen molar-refractivity contribution >= 4 is 6.03 Å². The molecule has 1 unspecified atom stereocenters. The Kier molecular flexibility index (Phi) is 6.28. The summed E-state index contributed by atoms with van der Waals surface area (Å²) in [4.78, 5) is 11.8. The number of benzene rings is 2. The fraction of sp³-hybridized carbons (Fsp3) is 0.435. The lowest BCUT2D eigenvalue weighted by Gasteiger charge is -2.43. The summed E-state index contributed by atoms with van der Waals surface area (Å²) in [5.74, 6) is 0. The molecule has 0 saturated carbocycles. The van der Waals surface area contributed by atoms with Gasteiger partial charge in [-0.3, -0.25) is 0 Å². The standard InChI is InChI=1S/C23H23F6N3O2/c1-13(14-7-16(22(24,25)26)9-17(8-14)23(27,28)29)34-12-21(15-5-3-2-4-6-15)10-18-19(11-30-21)32-20(33)31-18/h2-9,13,18-19,30H,10-12H2,1H3,(H2,31,32,33)/t13-,18+,19?,21-/m1/s1. The number of hydrogen-bond acceptors (Lipinski definition) is 3. The van der Waals surface area contributed by atoms with Crippen LogP contribution < -0.4 is 16.0 Å². The molecular formula is C23H23F6N3O2. The summed E-state index contributed by atoms with van der Waals surface area (Å²) in [5, 5.41) is 9.04. The number of alkyl halides is 6. The molecule has 2 amide bonds. The molecular weight excluding hydrogens is 464 g/mol. The SMILES string of the molecule is C[C@@H](OC[C@@]1(c2ccccc2)C[C@@H]2NC(=O)NC2CN1)c1cc(C(F)(F)F)cc(C(F)(F)F)c1. The Hall–Kier alpha value is -2.79. The van der Waals surface area contributed by atoms with Crippen LogP contribution in [0.25, 0.3) is 0 Å². The van der Waals surface area contributed by atoms with Gasteiger partial charge < -0.3 is 20.7 Å². The molecule has 2 heterocycles. The van der Waals surface area contributed by atoms with Crippen molar-refractivity contribution in [3.05, 3.63) is 70.8 Å². The van der Waals surface area contributed by atoms with Gasteiger partial charge in [0, 0.05) is 6.54 Å². The molecule has 2 saturated heterocycles. The maximum atomic E-state index is 13.3. The highest BCUT2D eigenvalue weighted by atomic mass is 19.4. The van der Waals surface area contributed by atoms with Gasteiger partial charge in [0.05, 0.1) is 41.5 Å². The summed E-state index contributed by atoms with van der Waals surface area (Å²) in [6.45, 7) is 1.80. The van der Waals surface area contributed by atoms with Crippen molar-refractivity contribution in [3.63, 3.8) is 0 Å². The van der Waals surface area contributed by atoms with Crippen molar-refractivity contribution < 1.29 is 35.9 Å². The van der Waals surface area contributed by atoms with Gasteiger partial charge in [0.2, 0.25) is 0 Å². The summed E-state index contributed by atoms with van der Waals surface area (Å²) in [5.41, 5.74) is -2.96. The smallest absolute Gasteiger partial charge is 0.372 e. The third-order valence-electron chi connectivity index (χ3n) is 6.33. The van der Waals surface area contributed by atoms with E-state index in [4.69, 9.17) is 4.74 Å². The molecule has 184 valence electrons. The Morgan fingerprint density at radius 2 is 1.56 bits per heavy atom. The van der Waals surface area contributed by atoms with Crippen molar-refractivity contribution in [1.82, 2.24) is 16.0 Å². The van der Waals surface area contributed by atoms with Gasteiger partial charge in [-0.2, -0.15) is 26.3 Å². The lowest BCUT2D eigenvalue weighted by Crippen LogP contribution is -2.60. The van der Waals surface area contributed by atoms with Crippen LogP contribution in [0.2, 0.25) is 0 Å². The molecule has 0 aromatic heterocycles. The van der Waals surface area contributed by atoms with Crippen LogP contribution >= 0.6 is 0 Å². The molecule has 0 aliphatic carbocycles. The minimum atomic E-state index is -4.94. The van der Waals surface area contributed by atoms with Crippen LogP contribution in [-0.4, -0.2) is 31.3 Å². The number of fused-ring (bicyclic) bond motifs is 1. The van der Waals surface area contributed by atoms with E-state index < -0.39 is 35.1 Å². The molecule has 2 aliphatic heterocycles. The van der Waals surface area contributed by atoms with E-state index in [0.29, 0.717) is 25.1 Å². The zero-order chi connectivity index (χ0) is 24.7. The van der Waals surface area contributed by atoms with Gasteiger partial charge in [0.15, 0.2) is 0 Å². The van der Waals surface area contributed by atoms with E-state index in [-0.39, 0.29) is 36.4 Å². The van der Waals surface area contributed by atoms with E-state index in [1.807, 2.05) is 30.3 Å².